The number of ether oxygens (including phenoxy) is 1. The maximum Gasteiger partial charge on any atom is 0.227 e. The standard InChI is InChI=1S/C16H22N4O2S/c1-5-20-15(18-19-16(20)23-9-14(17)21)12(4)22-13-7-6-10(2)8-11(13)3/h6-8,12H,5,9H2,1-4H3,(H2,17,21)/t12-/m1/s1. The topological polar surface area (TPSA) is 83.0 Å². The lowest BCUT2D eigenvalue weighted by Crippen LogP contribution is -2.15. The Bertz CT molecular complexity index is 699. The van der Waals surface area contributed by atoms with Gasteiger partial charge in [-0.3, -0.25) is 4.79 Å². The first-order valence-electron chi connectivity index (χ1n) is 7.50. The molecule has 0 aliphatic carbocycles. The van der Waals surface area contributed by atoms with Crippen molar-refractivity contribution in [3.63, 3.8) is 0 Å². The SMILES string of the molecule is CCn1c(SCC(N)=O)nnc1[C@@H](C)Oc1ccc(C)cc1C. The van der Waals surface area contributed by atoms with Crippen LogP contribution in [-0.2, 0) is 11.3 Å². The van der Waals surface area contributed by atoms with Gasteiger partial charge in [0, 0.05) is 6.54 Å². The summed E-state index contributed by atoms with van der Waals surface area (Å²) < 4.78 is 7.99. The molecule has 0 fully saturated rings. The number of primary amides is 1. The number of thioether (sulfide) groups is 1. The molecule has 124 valence electrons. The molecule has 0 radical (unpaired) electrons. The van der Waals surface area contributed by atoms with Gasteiger partial charge in [0.2, 0.25) is 5.91 Å². The number of hydrogen-bond donors (Lipinski definition) is 1. The minimum absolute atomic E-state index is 0.185. The van der Waals surface area contributed by atoms with E-state index < -0.39 is 0 Å². The smallest absolute Gasteiger partial charge is 0.227 e. The molecule has 0 spiro atoms. The molecular formula is C16H22N4O2S. The van der Waals surface area contributed by atoms with Gasteiger partial charge in [-0.25, -0.2) is 0 Å². The molecule has 2 rings (SSSR count). The highest BCUT2D eigenvalue weighted by atomic mass is 32.2. The van der Waals surface area contributed by atoms with Crippen LogP contribution in [0.5, 0.6) is 5.75 Å². The number of aryl methyl sites for hydroxylation is 2. The fourth-order valence-electron chi connectivity index (χ4n) is 2.32. The number of nitrogens with two attached hydrogens (primary N) is 1. The molecular weight excluding hydrogens is 312 g/mol. The summed E-state index contributed by atoms with van der Waals surface area (Å²) in [5.41, 5.74) is 7.47. The zero-order valence-electron chi connectivity index (χ0n) is 13.9. The second-order valence-corrected chi connectivity index (χ2v) is 6.31. The predicted molar refractivity (Wildman–Crippen MR) is 90.6 cm³/mol. The van der Waals surface area contributed by atoms with E-state index in [9.17, 15) is 4.79 Å². The summed E-state index contributed by atoms with van der Waals surface area (Å²) in [4.78, 5) is 10.9. The third-order valence-corrected chi connectivity index (χ3v) is 4.39. The average molecular weight is 334 g/mol. The molecule has 7 heteroatoms. The molecule has 0 saturated carbocycles. The van der Waals surface area contributed by atoms with Crippen LogP contribution in [0.2, 0.25) is 0 Å². The predicted octanol–water partition coefficient (Wildman–Crippen LogP) is 2.63. The third-order valence-electron chi connectivity index (χ3n) is 3.40. The summed E-state index contributed by atoms with van der Waals surface area (Å²) in [5, 5.41) is 9.05. The van der Waals surface area contributed by atoms with Crippen molar-refractivity contribution in [3.05, 3.63) is 35.2 Å². The lowest BCUT2D eigenvalue weighted by Gasteiger charge is -2.17. The van der Waals surface area contributed by atoms with Crippen molar-refractivity contribution < 1.29 is 9.53 Å². The van der Waals surface area contributed by atoms with Gasteiger partial charge in [-0.2, -0.15) is 0 Å². The second-order valence-electron chi connectivity index (χ2n) is 5.37. The summed E-state index contributed by atoms with van der Waals surface area (Å²) in [6.07, 6.45) is -0.244. The number of aromatic nitrogens is 3. The monoisotopic (exact) mass is 334 g/mol. The fourth-order valence-corrected chi connectivity index (χ4v) is 3.06. The van der Waals surface area contributed by atoms with Crippen LogP contribution < -0.4 is 10.5 Å². The van der Waals surface area contributed by atoms with Crippen molar-refractivity contribution in [1.29, 1.82) is 0 Å². The van der Waals surface area contributed by atoms with Gasteiger partial charge >= 0.3 is 0 Å². The lowest BCUT2D eigenvalue weighted by molar-refractivity contribution is -0.115. The molecule has 1 atom stereocenters. The van der Waals surface area contributed by atoms with Gasteiger partial charge in [-0.05, 0) is 39.3 Å². The van der Waals surface area contributed by atoms with Crippen LogP contribution in [0.1, 0.15) is 36.9 Å². The van der Waals surface area contributed by atoms with Crippen LogP contribution >= 0.6 is 11.8 Å². The zero-order chi connectivity index (χ0) is 17.0. The van der Waals surface area contributed by atoms with Gasteiger partial charge < -0.3 is 15.0 Å². The first-order chi connectivity index (χ1) is 10.9. The molecule has 0 aliphatic heterocycles. The van der Waals surface area contributed by atoms with E-state index in [-0.39, 0.29) is 17.8 Å². The first-order valence-corrected chi connectivity index (χ1v) is 8.49. The van der Waals surface area contributed by atoms with Crippen molar-refractivity contribution in [2.45, 2.75) is 45.5 Å². The van der Waals surface area contributed by atoms with E-state index >= 15 is 0 Å². The van der Waals surface area contributed by atoms with Crippen molar-refractivity contribution in [3.8, 4) is 5.75 Å². The highest BCUT2D eigenvalue weighted by molar-refractivity contribution is 7.99. The number of benzene rings is 1. The molecule has 0 saturated heterocycles. The van der Waals surface area contributed by atoms with Crippen molar-refractivity contribution >= 4 is 17.7 Å². The summed E-state index contributed by atoms with van der Waals surface area (Å²) in [6, 6.07) is 6.07. The van der Waals surface area contributed by atoms with Gasteiger partial charge in [0.15, 0.2) is 17.1 Å². The molecule has 1 aromatic carbocycles. The Balaban J connectivity index is 2.18. The molecule has 1 heterocycles. The summed E-state index contributed by atoms with van der Waals surface area (Å²) in [7, 11) is 0. The highest BCUT2D eigenvalue weighted by Gasteiger charge is 2.19. The molecule has 0 bridgehead atoms. The molecule has 0 aliphatic rings. The summed E-state index contributed by atoms with van der Waals surface area (Å²) >= 11 is 1.29. The van der Waals surface area contributed by atoms with E-state index in [1.54, 1.807) is 0 Å². The minimum Gasteiger partial charge on any atom is -0.482 e. The van der Waals surface area contributed by atoms with E-state index in [0.29, 0.717) is 11.7 Å². The van der Waals surface area contributed by atoms with Gasteiger partial charge in [0.25, 0.3) is 0 Å². The Morgan fingerprint density at radius 2 is 2.13 bits per heavy atom. The van der Waals surface area contributed by atoms with Crippen molar-refractivity contribution in [1.82, 2.24) is 14.8 Å². The summed E-state index contributed by atoms with van der Waals surface area (Å²) in [5.74, 6) is 1.38. The average Bonchev–Trinajstić information content (AvgIpc) is 2.90. The van der Waals surface area contributed by atoms with Crippen LogP contribution in [0.3, 0.4) is 0 Å². The largest absolute Gasteiger partial charge is 0.482 e. The van der Waals surface area contributed by atoms with E-state index in [2.05, 4.69) is 23.2 Å². The van der Waals surface area contributed by atoms with Crippen LogP contribution in [0.25, 0.3) is 0 Å². The van der Waals surface area contributed by atoms with E-state index in [4.69, 9.17) is 10.5 Å². The number of amides is 1. The second kappa shape index (κ2) is 7.50. The van der Waals surface area contributed by atoms with Gasteiger partial charge in [0.1, 0.15) is 5.75 Å². The molecule has 23 heavy (non-hydrogen) atoms. The maximum absolute atomic E-state index is 10.9. The molecule has 2 N–H and O–H groups in total. The number of nitrogens with zero attached hydrogens (tertiary/aromatic N) is 3. The quantitative estimate of drug-likeness (QED) is 0.787. The molecule has 0 unspecified atom stereocenters. The first kappa shape index (κ1) is 17.3. The van der Waals surface area contributed by atoms with E-state index in [1.165, 1.54) is 17.3 Å². The Hall–Kier alpha value is -2.02. The number of hydrogen-bond acceptors (Lipinski definition) is 5. The Morgan fingerprint density at radius 1 is 1.39 bits per heavy atom. The van der Waals surface area contributed by atoms with Crippen LogP contribution in [0.4, 0.5) is 0 Å². The van der Waals surface area contributed by atoms with Crippen LogP contribution in [0, 0.1) is 13.8 Å². The minimum atomic E-state index is -0.373. The molecule has 1 amide bonds. The van der Waals surface area contributed by atoms with Gasteiger partial charge in [-0.1, -0.05) is 29.5 Å². The summed E-state index contributed by atoms with van der Waals surface area (Å²) in [6.45, 7) is 8.72. The fraction of sp³-hybridized carbons (Fsp3) is 0.438. The molecule has 2 aromatic rings. The Morgan fingerprint density at radius 3 is 2.74 bits per heavy atom. The number of carbonyl (C=O) groups excluding carboxylic acids is 1. The maximum atomic E-state index is 10.9. The Kier molecular flexibility index (Phi) is 5.65. The zero-order valence-corrected chi connectivity index (χ0v) is 14.7. The van der Waals surface area contributed by atoms with Gasteiger partial charge in [-0.15, -0.1) is 10.2 Å². The molecule has 6 nitrogen and oxygen atoms in total. The molecule has 1 aromatic heterocycles. The van der Waals surface area contributed by atoms with Gasteiger partial charge in [0.05, 0.1) is 5.75 Å². The lowest BCUT2D eigenvalue weighted by atomic mass is 10.1. The van der Waals surface area contributed by atoms with Crippen LogP contribution in [-0.4, -0.2) is 26.4 Å². The number of rotatable bonds is 7. The van der Waals surface area contributed by atoms with Crippen molar-refractivity contribution in [2.24, 2.45) is 5.73 Å². The normalized spacial score (nSPS) is 12.2. The third kappa shape index (κ3) is 4.25. The Labute approximate surface area is 140 Å². The van der Waals surface area contributed by atoms with E-state index in [1.807, 2.05) is 37.5 Å². The highest BCUT2D eigenvalue weighted by Crippen LogP contribution is 2.27. The number of carbonyl (C=O) groups is 1. The van der Waals surface area contributed by atoms with E-state index in [0.717, 1.165) is 17.1 Å². The van der Waals surface area contributed by atoms with Crippen LogP contribution in [0.15, 0.2) is 23.4 Å². The van der Waals surface area contributed by atoms with Crippen molar-refractivity contribution in [2.75, 3.05) is 5.75 Å².